The molecule has 1 nitrogen and oxygen atoms in total. The minimum Gasteiger partial charge on any atom is -1.00 e. The molecule has 0 aliphatic carbocycles. The average Bonchev–Trinajstić information content (AvgIpc) is 1.79. The summed E-state index contributed by atoms with van der Waals surface area (Å²) in [6, 6.07) is 0. The van der Waals surface area contributed by atoms with Crippen molar-refractivity contribution in [2.24, 2.45) is 0 Å². The third-order valence-electron chi connectivity index (χ3n) is 1.01. The molecule has 0 aromatic carbocycles. The fraction of sp³-hybridized carbons (Fsp3) is 1.00. The summed E-state index contributed by atoms with van der Waals surface area (Å²) in [7, 11) is 0. The van der Waals surface area contributed by atoms with E-state index < -0.39 is 0 Å². The Morgan fingerprint density at radius 1 is 1.33 bits per heavy atom. The van der Waals surface area contributed by atoms with E-state index in [-0.39, 0.29) is 31.0 Å². The van der Waals surface area contributed by atoms with Gasteiger partial charge in [-0.3, -0.25) is 0 Å². The zero-order valence-corrected chi connectivity index (χ0v) is 6.56. The normalized spacial score (nSPS) is 41.0. The molecule has 1 saturated heterocycles. The van der Waals surface area contributed by atoms with Crippen molar-refractivity contribution in [1.29, 1.82) is 0 Å². The Morgan fingerprint density at radius 2 is 1.50 bits per heavy atom. The van der Waals surface area contributed by atoms with Gasteiger partial charge in [0.2, 0.25) is 0 Å². The molecule has 0 radical (unpaired) electrons. The van der Waals surface area contributed by atoms with Crippen molar-refractivity contribution in [3.05, 3.63) is 0 Å². The van der Waals surface area contributed by atoms with Gasteiger partial charge in [-0.1, -0.05) is 0 Å². The quantitative estimate of drug-likeness (QED) is 0.249. The van der Waals surface area contributed by atoms with E-state index in [4.69, 9.17) is 4.74 Å². The SMILES string of the molecule is CC1OC1C.[H-].[Na+]. The molecular weight excluding hydrogens is 87.0 g/mol. The van der Waals surface area contributed by atoms with Crippen molar-refractivity contribution in [2.75, 3.05) is 0 Å². The second kappa shape index (κ2) is 2.31. The van der Waals surface area contributed by atoms with Crippen LogP contribution in [0.2, 0.25) is 0 Å². The first-order valence-electron chi connectivity index (χ1n) is 1.96. The van der Waals surface area contributed by atoms with Crippen LogP contribution in [0.1, 0.15) is 15.3 Å². The maximum Gasteiger partial charge on any atom is 1.00 e. The molecule has 6 heavy (non-hydrogen) atoms. The Bertz CT molecular complexity index is 45.0. The van der Waals surface area contributed by atoms with Gasteiger partial charge in [0.05, 0.1) is 12.2 Å². The first-order chi connectivity index (χ1) is 2.30. The second-order valence-electron chi connectivity index (χ2n) is 1.55. The van der Waals surface area contributed by atoms with Crippen LogP contribution in [0.3, 0.4) is 0 Å². The summed E-state index contributed by atoms with van der Waals surface area (Å²) in [6.45, 7) is 4.15. The first kappa shape index (κ1) is 6.96. The summed E-state index contributed by atoms with van der Waals surface area (Å²) in [4.78, 5) is 0. The van der Waals surface area contributed by atoms with Gasteiger partial charge >= 0.3 is 29.6 Å². The van der Waals surface area contributed by atoms with Gasteiger partial charge in [0.1, 0.15) is 0 Å². The van der Waals surface area contributed by atoms with Crippen LogP contribution in [-0.2, 0) is 4.74 Å². The Morgan fingerprint density at radius 3 is 1.50 bits per heavy atom. The Hall–Kier alpha value is 0.960. The van der Waals surface area contributed by atoms with E-state index in [2.05, 4.69) is 13.8 Å². The minimum absolute atomic E-state index is 0. The predicted octanol–water partition coefficient (Wildman–Crippen LogP) is -2.09. The number of hydrogen-bond acceptors (Lipinski definition) is 1. The summed E-state index contributed by atoms with van der Waals surface area (Å²) in [5, 5.41) is 0. The van der Waals surface area contributed by atoms with Crippen molar-refractivity contribution in [1.82, 2.24) is 0 Å². The Labute approximate surface area is 61.8 Å². The standard InChI is InChI=1S/C4H8O.Na.H/c1-3-4(2)5-3;;/h3-4H,1-2H3;;/q;+1;-1. The number of hydrogen-bond donors (Lipinski definition) is 0. The van der Waals surface area contributed by atoms with Crippen LogP contribution in [-0.4, -0.2) is 12.2 Å². The molecule has 1 aliphatic heterocycles. The molecule has 1 aliphatic rings. The van der Waals surface area contributed by atoms with Gasteiger partial charge in [-0.15, -0.1) is 0 Å². The van der Waals surface area contributed by atoms with Gasteiger partial charge in [0.15, 0.2) is 0 Å². The van der Waals surface area contributed by atoms with E-state index in [0.29, 0.717) is 12.2 Å². The molecule has 0 spiro atoms. The van der Waals surface area contributed by atoms with Crippen LogP contribution in [0.25, 0.3) is 0 Å². The van der Waals surface area contributed by atoms with E-state index in [1.807, 2.05) is 0 Å². The molecule has 2 atom stereocenters. The molecule has 1 fully saturated rings. The Kier molecular flexibility index (Phi) is 2.68. The third-order valence-corrected chi connectivity index (χ3v) is 1.01. The number of rotatable bonds is 0. The van der Waals surface area contributed by atoms with Gasteiger partial charge in [-0.25, -0.2) is 0 Å². The first-order valence-corrected chi connectivity index (χ1v) is 1.96. The molecule has 0 N–H and O–H groups in total. The fourth-order valence-corrected chi connectivity index (χ4v) is 0.293. The molecular formula is C4H9NaO. The van der Waals surface area contributed by atoms with Crippen LogP contribution in [0.15, 0.2) is 0 Å². The van der Waals surface area contributed by atoms with Crippen molar-refractivity contribution < 1.29 is 35.7 Å². The largest absolute Gasteiger partial charge is 1.00 e. The van der Waals surface area contributed by atoms with Crippen molar-refractivity contribution >= 4 is 0 Å². The van der Waals surface area contributed by atoms with E-state index >= 15 is 0 Å². The van der Waals surface area contributed by atoms with Gasteiger partial charge in [0, 0.05) is 0 Å². The van der Waals surface area contributed by atoms with Crippen LogP contribution in [0.4, 0.5) is 0 Å². The topological polar surface area (TPSA) is 12.5 Å². The third kappa shape index (κ3) is 1.61. The molecule has 0 aromatic rings. The predicted molar refractivity (Wildman–Crippen MR) is 21.1 cm³/mol. The van der Waals surface area contributed by atoms with E-state index in [1.54, 1.807) is 0 Å². The minimum atomic E-state index is 0. The second-order valence-corrected chi connectivity index (χ2v) is 1.55. The van der Waals surface area contributed by atoms with Gasteiger partial charge < -0.3 is 6.16 Å². The molecule has 0 saturated carbocycles. The molecule has 0 aromatic heterocycles. The zero-order chi connectivity index (χ0) is 3.86. The molecule has 1 rings (SSSR count). The van der Waals surface area contributed by atoms with Crippen molar-refractivity contribution in [2.45, 2.75) is 26.1 Å². The summed E-state index contributed by atoms with van der Waals surface area (Å²) in [5.41, 5.74) is 0. The van der Waals surface area contributed by atoms with Crippen LogP contribution < -0.4 is 29.6 Å². The van der Waals surface area contributed by atoms with Crippen LogP contribution in [0, 0.1) is 0 Å². The smallest absolute Gasteiger partial charge is 1.00 e. The molecule has 1 heterocycles. The van der Waals surface area contributed by atoms with Crippen molar-refractivity contribution in [3.63, 3.8) is 0 Å². The molecule has 2 heteroatoms. The van der Waals surface area contributed by atoms with Crippen LogP contribution >= 0.6 is 0 Å². The van der Waals surface area contributed by atoms with Crippen molar-refractivity contribution in [3.8, 4) is 0 Å². The maximum atomic E-state index is 4.92. The number of ether oxygens (including phenoxy) is 1. The summed E-state index contributed by atoms with van der Waals surface area (Å²) in [5.74, 6) is 0. The van der Waals surface area contributed by atoms with Gasteiger partial charge in [0.25, 0.3) is 0 Å². The average molecular weight is 96.1 g/mol. The summed E-state index contributed by atoms with van der Waals surface area (Å²) in [6.07, 6.45) is 1.10. The van der Waals surface area contributed by atoms with E-state index in [9.17, 15) is 0 Å². The molecule has 0 amide bonds. The monoisotopic (exact) mass is 96.1 g/mol. The fourth-order valence-electron chi connectivity index (χ4n) is 0.293. The van der Waals surface area contributed by atoms with E-state index in [1.165, 1.54) is 0 Å². The molecule has 2 unspecified atom stereocenters. The number of epoxide rings is 1. The van der Waals surface area contributed by atoms with Crippen LogP contribution in [0.5, 0.6) is 0 Å². The molecule has 32 valence electrons. The Balaban J connectivity index is 0. The van der Waals surface area contributed by atoms with Gasteiger partial charge in [-0.05, 0) is 13.8 Å². The maximum absolute atomic E-state index is 4.92. The summed E-state index contributed by atoms with van der Waals surface area (Å²) >= 11 is 0. The van der Waals surface area contributed by atoms with E-state index in [0.717, 1.165) is 0 Å². The molecule has 0 bridgehead atoms. The zero-order valence-electron chi connectivity index (χ0n) is 5.56. The van der Waals surface area contributed by atoms with Gasteiger partial charge in [-0.2, -0.15) is 0 Å². The summed E-state index contributed by atoms with van der Waals surface area (Å²) < 4.78 is 4.92.